The van der Waals surface area contributed by atoms with Crippen molar-refractivity contribution in [3.63, 3.8) is 0 Å². The van der Waals surface area contributed by atoms with Crippen molar-refractivity contribution in [2.45, 2.75) is 295 Å². The highest BCUT2D eigenvalue weighted by Gasteiger charge is 2.60. The van der Waals surface area contributed by atoms with E-state index in [0.29, 0.717) is 0 Å². The van der Waals surface area contributed by atoms with E-state index in [1.807, 2.05) is 0 Å². The molecule has 0 aromatic heterocycles. The minimum atomic E-state index is -2.45. The molecule has 0 aromatic carbocycles. The van der Waals surface area contributed by atoms with Crippen LogP contribution < -0.4 is 0 Å². The van der Waals surface area contributed by atoms with E-state index in [-0.39, 0.29) is 0 Å². The number of hydrogen-bond acceptors (Lipinski definition) is 49. The third-order valence-corrected chi connectivity index (χ3v) is 20.1. The Bertz CT molecular complexity index is 2670. The Morgan fingerprint density at radius 3 is 0.598 bits per heavy atom. The molecule has 10 heterocycles. The van der Waals surface area contributed by atoms with E-state index in [1.165, 1.54) is 0 Å². The van der Waals surface area contributed by atoms with Gasteiger partial charge in [0.2, 0.25) is 0 Å². The summed E-state index contributed by atoms with van der Waals surface area (Å²) in [7, 11) is 0. The molecule has 10 aliphatic rings. The highest BCUT2D eigenvalue weighted by atomic mass is 16.8. The standard InChI is InChI=1S/C58H98O49/c59-1-11-21(66)31(76)41(86)52(93-11)102-43-33(78)28(73)18(92-49(43)88)8-89-56-46(107-58-48(36(81)25(70)15(5-63)99-58)105-51-40(85)27(72)17(7-65)96-51)38(83)30(75)20(101-56)10-91-55-44(103-53-42(87)32(77)22(67)12(2-60)94-53)37(82)29(74)19(100-55)9-90-54-45(34(79)23(68)13(3-61)97-54)106-57-47(35(80)24(69)14(4-62)98-57)104-50-39(84)26(71)16(6-64)95-50/h11-88H,1-10H2/t11-,12-,13-,14-,15-,16+,17+,18-,19-,20-,21-,22-,23-,24-,25-,26+,27+,28-,29-,30-,31+,32+,33+,34+,35+,36+,37+,38+,39-,40-,41+,42+,43+,44+,45+,46+,47+,48+,49+,50+,51+,52-,53-,54+,55+,56+,57-,58-/m1/s1. The Labute approximate surface area is 602 Å². The van der Waals surface area contributed by atoms with Crippen LogP contribution in [0.5, 0.6) is 0 Å². The van der Waals surface area contributed by atoms with Crippen molar-refractivity contribution < 1.29 is 243 Å². The van der Waals surface area contributed by atoms with Gasteiger partial charge in [0.15, 0.2) is 62.9 Å². The van der Waals surface area contributed by atoms with E-state index >= 15 is 0 Å². The molecule has 10 aliphatic heterocycles. The van der Waals surface area contributed by atoms with E-state index in [4.69, 9.17) is 90.0 Å². The zero-order valence-electron chi connectivity index (χ0n) is 56.0. The molecule has 10 saturated heterocycles. The van der Waals surface area contributed by atoms with Crippen LogP contribution in [-0.4, -0.2) is 514 Å². The van der Waals surface area contributed by atoms with Crippen molar-refractivity contribution in [1.82, 2.24) is 0 Å². The average Bonchev–Trinajstić information content (AvgIpc) is 1.26. The Morgan fingerprint density at radius 1 is 0.159 bits per heavy atom. The monoisotopic (exact) mass is 1580 g/mol. The highest BCUT2D eigenvalue weighted by Crippen LogP contribution is 2.40. The van der Waals surface area contributed by atoms with Crippen molar-refractivity contribution in [3.05, 3.63) is 0 Å². The van der Waals surface area contributed by atoms with Crippen LogP contribution in [0, 0.1) is 0 Å². The second-order valence-corrected chi connectivity index (χ2v) is 27.1. The average molecular weight is 1580 g/mol. The lowest BCUT2D eigenvalue weighted by Gasteiger charge is -2.49. The van der Waals surface area contributed by atoms with E-state index in [0.717, 1.165) is 0 Å². The molecule has 49 heteroatoms. The predicted molar refractivity (Wildman–Crippen MR) is 318 cm³/mol. The molecule has 624 valence electrons. The molecule has 0 aliphatic carbocycles. The van der Waals surface area contributed by atoms with Gasteiger partial charge in [0.1, 0.15) is 232 Å². The van der Waals surface area contributed by atoms with Gasteiger partial charge in [0.05, 0.1) is 66.1 Å². The summed E-state index contributed by atoms with van der Waals surface area (Å²) in [5.74, 6) is 0. The Balaban J connectivity index is 0.920. The highest BCUT2D eigenvalue weighted by molar-refractivity contribution is 5.02. The SMILES string of the molecule is OC[C@@H]1O[C@@H](O[C@@H]2[C@@H](O[C@@H]3[C@@H](OC[C@H]4O[C@H](OC[C@H]5O[C@H](OC[C@H]6O[C@H](O)[C@@H](O[C@H]7O[C@H](CO)[C@@H](O)[C@H](O)[C@@H]7O)[C@@H](O)[C@@H]6O)[C@@H](O[C@H]6O[C@H](CO)[C@@H](O)[C@H](O)[C@@H]6O[C@@H]6O[C@@H](CO)[C@H](O)[C@H]6O)[C@@H](O)[C@@H]5O)[C@@H](O[C@H]5O[C@H](CO)[C@@H](O)[C@H](O)[C@@H]5O)[C@@H](O)[C@@H]4O)O[C@H](CO)[C@@H](O)[C@@H]3O)O[C@H](CO)[C@@H](O)[C@@H]2O)[C@H](O)[C@H]1O. The van der Waals surface area contributed by atoms with Crippen LogP contribution in [0.2, 0.25) is 0 Å². The van der Waals surface area contributed by atoms with Crippen molar-refractivity contribution >= 4 is 0 Å². The smallest absolute Gasteiger partial charge is 0.187 e. The molecular formula is C58H98O49. The summed E-state index contributed by atoms with van der Waals surface area (Å²) in [6.07, 6.45) is -98.6. The lowest BCUT2D eigenvalue weighted by atomic mass is 9.96. The predicted octanol–water partition coefficient (Wildman–Crippen LogP) is -21.5. The van der Waals surface area contributed by atoms with Crippen molar-refractivity contribution in [2.24, 2.45) is 0 Å². The molecule has 10 rings (SSSR count). The van der Waals surface area contributed by atoms with Crippen LogP contribution in [0.1, 0.15) is 0 Å². The first-order valence-corrected chi connectivity index (χ1v) is 34.0. The quantitative estimate of drug-likeness (QED) is 0.0346. The number of rotatable bonds is 28. The second-order valence-electron chi connectivity index (χ2n) is 27.1. The van der Waals surface area contributed by atoms with Gasteiger partial charge >= 0.3 is 0 Å². The molecule has 0 unspecified atom stereocenters. The van der Waals surface area contributed by atoms with Crippen molar-refractivity contribution in [2.75, 3.05) is 66.1 Å². The molecule has 30 N–H and O–H groups in total. The normalized spacial score (nSPS) is 53.7. The number of hydrogen-bond donors (Lipinski definition) is 30. The van der Waals surface area contributed by atoms with Crippen LogP contribution in [0.4, 0.5) is 0 Å². The first-order valence-electron chi connectivity index (χ1n) is 34.0. The van der Waals surface area contributed by atoms with Crippen LogP contribution in [0.3, 0.4) is 0 Å². The lowest BCUT2D eigenvalue weighted by molar-refractivity contribution is -0.395. The number of ether oxygens (including phenoxy) is 19. The maximum absolute atomic E-state index is 12.2. The lowest BCUT2D eigenvalue weighted by Crippen LogP contribution is -2.67. The minimum absolute atomic E-state index is 0.856. The van der Waals surface area contributed by atoms with E-state index in [1.54, 1.807) is 0 Å². The molecule has 49 nitrogen and oxygen atoms in total. The first-order chi connectivity index (χ1) is 50.8. The maximum Gasteiger partial charge on any atom is 0.187 e. The van der Waals surface area contributed by atoms with Crippen molar-refractivity contribution in [1.29, 1.82) is 0 Å². The summed E-state index contributed by atoms with van der Waals surface area (Å²) >= 11 is 0. The van der Waals surface area contributed by atoms with E-state index in [2.05, 4.69) is 0 Å². The fourth-order valence-corrected chi connectivity index (χ4v) is 13.6. The molecule has 0 spiro atoms. The van der Waals surface area contributed by atoms with Crippen LogP contribution >= 0.6 is 0 Å². The van der Waals surface area contributed by atoms with Gasteiger partial charge in [-0.05, 0) is 0 Å². The van der Waals surface area contributed by atoms with Gasteiger partial charge < -0.3 is 243 Å². The Kier molecular flexibility index (Phi) is 30.9. The largest absolute Gasteiger partial charge is 0.394 e. The maximum atomic E-state index is 12.2. The molecule has 107 heavy (non-hydrogen) atoms. The third-order valence-electron chi connectivity index (χ3n) is 20.1. The molecule has 10 fully saturated rings. The fraction of sp³-hybridized carbons (Fsp3) is 1.00. The summed E-state index contributed by atoms with van der Waals surface area (Å²) in [5, 5.41) is 325. The summed E-state index contributed by atoms with van der Waals surface area (Å²) in [5.41, 5.74) is 0. The van der Waals surface area contributed by atoms with Crippen LogP contribution in [0.25, 0.3) is 0 Å². The first kappa shape index (κ1) is 87.4. The van der Waals surface area contributed by atoms with Crippen LogP contribution in [-0.2, 0) is 90.0 Å². The summed E-state index contributed by atoms with van der Waals surface area (Å²) in [6, 6.07) is 0. The van der Waals surface area contributed by atoms with E-state index in [9.17, 15) is 153 Å². The van der Waals surface area contributed by atoms with Gasteiger partial charge in [0, 0.05) is 0 Å². The molecule has 48 atom stereocenters. The number of aliphatic hydroxyl groups excluding tert-OH is 30. The van der Waals surface area contributed by atoms with Crippen molar-refractivity contribution in [3.8, 4) is 0 Å². The number of aliphatic hydroxyl groups is 30. The summed E-state index contributed by atoms with van der Waals surface area (Å²) in [4.78, 5) is 0. The van der Waals surface area contributed by atoms with Gasteiger partial charge in [-0.2, -0.15) is 0 Å². The van der Waals surface area contributed by atoms with Gasteiger partial charge in [-0.3, -0.25) is 0 Å². The van der Waals surface area contributed by atoms with Gasteiger partial charge in [-0.15, -0.1) is 0 Å². The summed E-state index contributed by atoms with van der Waals surface area (Å²) in [6.45, 7) is -10.3. The molecule has 0 radical (unpaired) electrons. The molecule has 0 bridgehead atoms. The zero-order valence-corrected chi connectivity index (χ0v) is 56.0. The van der Waals surface area contributed by atoms with Gasteiger partial charge in [-0.25, -0.2) is 0 Å². The van der Waals surface area contributed by atoms with Gasteiger partial charge in [0.25, 0.3) is 0 Å². The second kappa shape index (κ2) is 37.8. The Hall–Kier alpha value is -1.96. The molecule has 0 aromatic rings. The third kappa shape index (κ3) is 18.3. The van der Waals surface area contributed by atoms with E-state index < -0.39 is 361 Å². The minimum Gasteiger partial charge on any atom is -0.394 e. The molecular weight excluding hydrogens is 1480 g/mol. The van der Waals surface area contributed by atoms with Crippen LogP contribution in [0.15, 0.2) is 0 Å². The summed E-state index contributed by atoms with van der Waals surface area (Å²) < 4.78 is 109. The fourth-order valence-electron chi connectivity index (χ4n) is 13.6. The Morgan fingerprint density at radius 2 is 0.327 bits per heavy atom. The molecule has 0 saturated carbocycles. The van der Waals surface area contributed by atoms with Gasteiger partial charge in [-0.1, -0.05) is 0 Å². The molecule has 0 amide bonds. The topological polar surface area (TPSA) is 782 Å². The zero-order chi connectivity index (χ0) is 78.2.